The van der Waals surface area contributed by atoms with Gasteiger partial charge < -0.3 is 15.5 Å². The van der Waals surface area contributed by atoms with Gasteiger partial charge in [0.15, 0.2) is 0 Å². The Hall–Kier alpha value is -0.840. The van der Waals surface area contributed by atoms with Crippen LogP contribution in [0.25, 0.3) is 0 Å². The molecule has 2 rings (SSSR count). The molecule has 3 nitrogen and oxygen atoms in total. The summed E-state index contributed by atoms with van der Waals surface area (Å²) >= 11 is 11.4. The lowest BCUT2D eigenvalue weighted by Crippen LogP contribution is -2.39. The van der Waals surface area contributed by atoms with Crippen LogP contribution in [0.5, 0.6) is 0 Å². The lowest BCUT2D eigenvalue weighted by atomic mass is 10.1. The van der Waals surface area contributed by atoms with Crippen LogP contribution >= 0.6 is 23.8 Å². The molecule has 0 amide bonds. The Balaban J connectivity index is 2.40. The molecule has 1 aromatic carbocycles. The SMILES string of the molecule is CC1CN(C)CCCN1c1cccc(Cl)c1C(N)=S. The standard InChI is InChI=1S/C14H20ClN3S/c1-10-9-17(2)7-4-8-18(10)12-6-3-5-11(15)13(12)14(16)19/h3,5-6,10H,4,7-9H2,1-2H3,(H2,16,19). The molecular formula is C14H20ClN3S. The number of halogens is 1. The highest BCUT2D eigenvalue weighted by molar-refractivity contribution is 7.80. The van der Waals surface area contributed by atoms with Crippen LogP contribution in [0.3, 0.4) is 0 Å². The van der Waals surface area contributed by atoms with Gasteiger partial charge in [0.1, 0.15) is 4.99 Å². The van der Waals surface area contributed by atoms with E-state index in [4.69, 9.17) is 29.6 Å². The quantitative estimate of drug-likeness (QED) is 0.850. The molecule has 0 radical (unpaired) electrons. The molecule has 1 saturated heterocycles. The van der Waals surface area contributed by atoms with Crippen LogP contribution in [0.4, 0.5) is 5.69 Å². The van der Waals surface area contributed by atoms with Crippen LogP contribution in [-0.2, 0) is 0 Å². The first-order valence-corrected chi connectivity index (χ1v) is 7.33. The normalized spacial score (nSPS) is 21.2. The minimum absolute atomic E-state index is 0.366. The van der Waals surface area contributed by atoms with E-state index in [1.807, 2.05) is 12.1 Å². The Morgan fingerprint density at radius 1 is 1.42 bits per heavy atom. The molecule has 0 aliphatic carbocycles. The van der Waals surface area contributed by atoms with E-state index in [1.165, 1.54) is 0 Å². The van der Waals surface area contributed by atoms with Crippen LogP contribution in [0.15, 0.2) is 18.2 Å². The van der Waals surface area contributed by atoms with E-state index in [1.54, 1.807) is 0 Å². The molecule has 1 aromatic rings. The molecule has 0 aromatic heterocycles. The zero-order valence-electron chi connectivity index (χ0n) is 11.4. The molecule has 104 valence electrons. The Bertz CT molecular complexity index is 478. The van der Waals surface area contributed by atoms with Crippen LogP contribution in [0.2, 0.25) is 5.02 Å². The van der Waals surface area contributed by atoms with Gasteiger partial charge in [-0.15, -0.1) is 0 Å². The number of rotatable bonds is 2. The predicted octanol–water partition coefficient (Wildman–Crippen LogP) is 2.50. The van der Waals surface area contributed by atoms with Gasteiger partial charge in [-0.3, -0.25) is 0 Å². The summed E-state index contributed by atoms with van der Waals surface area (Å²) in [5.41, 5.74) is 7.70. The van der Waals surface area contributed by atoms with Crippen molar-refractivity contribution in [3.05, 3.63) is 28.8 Å². The molecule has 0 bridgehead atoms. The average Bonchev–Trinajstić information content (AvgIpc) is 2.49. The van der Waals surface area contributed by atoms with Crippen molar-refractivity contribution >= 4 is 34.5 Å². The van der Waals surface area contributed by atoms with Crippen molar-refractivity contribution in [3.63, 3.8) is 0 Å². The maximum Gasteiger partial charge on any atom is 0.107 e. The molecule has 19 heavy (non-hydrogen) atoms. The first-order chi connectivity index (χ1) is 9.00. The van der Waals surface area contributed by atoms with Gasteiger partial charge in [-0.1, -0.05) is 29.9 Å². The molecule has 1 fully saturated rings. The number of thiocarbonyl (C=S) groups is 1. The van der Waals surface area contributed by atoms with Crippen molar-refractivity contribution in [2.75, 3.05) is 31.6 Å². The molecule has 1 unspecified atom stereocenters. The summed E-state index contributed by atoms with van der Waals surface area (Å²) < 4.78 is 0. The fourth-order valence-electron chi connectivity index (χ4n) is 2.73. The predicted molar refractivity (Wildman–Crippen MR) is 86.3 cm³/mol. The summed E-state index contributed by atoms with van der Waals surface area (Å²) in [5.74, 6) is 0. The van der Waals surface area contributed by atoms with E-state index < -0.39 is 0 Å². The first kappa shape index (κ1) is 14.6. The van der Waals surface area contributed by atoms with E-state index >= 15 is 0 Å². The maximum atomic E-state index is 6.26. The van der Waals surface area contributed by atoms with Crippen molar-refractivity contribution < 1.29 is 0 Å². The van der Waals surface area contributed by atoms with Gasteiger partial charge in [-0.05, 0) is 39.1 Å². The summed E-state index contributed by atoms with van der Waals surface area (Å²) in [7, 11) is 2.16. The Morgan fingerprint density at radius 3 is 2.84 bits per heavy atom. The summed E-state index contributed by atoms with van der Waals surface area (Å²) in [6.07, 6.45) is 1.13. The second-order valence-electron chi connectivity index (χ2n) is 5.16. The zero-order valence-corrected chi connectivity index (χ0v) is 13.0. The van der Waals surface area contributed by atoms with Crippen molar-refractivity contribution in [1.82, 2.24) is 4.90 Å². The molecule has 1 aliphatic heterocycles. The Kier molecular flexibility index (Phi) is 4.66. The Morgan fingerprint density at radius 2 is 2.16 bits per heavy atom. The van der Waals surface area contributed by atoms with Crippen LogP contribution in [0, 0.1) is 0 Å². The molecule has 1 heterocycles. The van der Waals surface area contributed by atoms with Crippen LogP contribution in [0.1, 0.15) is 18.9 Å². The van der Waals surface area contributed by atoms with Gasteiger partial charge in [0.25, 0.3) is 0 Å². The van der Waals surface area contributed by atoms with Gasteiger partial charge in [0, 0.05) is 24.8 Å². The number of likely N-dealkylation sites (N-methyl/N-ethyl adjacent to an activating group) is 1. The molecular weight excluding hydrogens is 278 g/mol. The third kappa shape index (κ3) is 3.19. The highest BCUT2D eigenvalue weighted by Gasteiger charge is 2.23. The van der Waals surface area contributed by atoms with Crippen molar-refractivity contribution in [2.45, 2.75) is 19.4 Å². The second-order valence-corrected chi connectivity index (χ2v) is 6.00. The van der Waals surface area contributed by atoms with Crippen LogP contribution < -0.4 is 10.6 Å². The van der Waals surface area contributed by atoms with Crippen LogP contribution in [-0.4, -0.2) is 42.6 Å². The van der Waals surface area contributed by atoms with Gasteiger partial charge >= 0.3 is 0 Å². The molecule has 2 N–H and O–H groups in total. The summed E-state index contributed by atoms with van der Waals surface area (Å²) in [6.45, 7) is 5.38. The van der Waals surface area contributed by atoms with Gasteiger partial charge in [-0.2, -0.15) is 0 Å². The topological polar surface area (TPSA) is 32.5 Å². The summed E-state index contributed by atoms with van der Waals surface area (Å²) in [4.78, 5) is 5.09. The van der Waals surface area contributed by atoms with E-state index in [2.05, 4.69) is 29.8 Å². The first-order valence-electron chi connectivity index (χ1n) is 6.54. The third-order valence-electron chi connectivity index (χ3n) is 3.59. The number of anilines is 1. The average molecular weight is 298 g/mol. The molecule has 1 aliphatic rings. The van der Waals surface area contributed by atoms with Gasteiger partial charge in [0.2, 0.25) is 0 Å². The second kappa shape index (κ2) is 6.07. The highest BCUT2D eigenvalue weighted by atomic mass is 35.5. The number of hydrogen-bond donors (Lipinski definition) is 1. The highest BCUT2D eigenvalue weighted by Crippen LogP contribution is 2.30. The summed E-state index contributed by atoms with van der Waals surface area (Å²) in [5, 5.41) is 0.634. The fraction of sp³-hybridized carbons (Fsp3) is 0.500. The van der Waals surface area contributed by atoms with Crippen molar-refractivity contribution in [2.24, 2.45) is 5.73 Å². The summed E-state index contributed by atoms with van der Waals surface area (Å²) in [6, 6.07) is 6.27. The zero-order chi connectivity index (χ0) is 14.0. The number of nitrogens with two attached hydrogens (primary N) is 1. The monoisotopic (exact) mass is 297 g/mol. The number of hydrogen-bond acceptors (Lipinski definition) is 3. The maximum absolute atomic E-state index is 6.26. The molecule has 0 saturated carbocycles. The Labute approximate surface area is 125 Å². The van der Waals surface area contributed by atoms with Crippen molar-refractivity contribution in [3.8, 4) is 0 Å². The van der Waals surface area contributed by atoms with Gasteiger partial charge in [0.05, 0.1) is 10.6 Å². The number of nitrogens with zero attached hydrogens (tertiary/aromatic N) is 2. The molecule has 0 spiro atoms. The largest absolute Gasteiger partial charge is 0.389 e. The van der Waals surface area contributed by atoms with Gasteiger partial charge in [-0.25, -0.2) is 0 Å². The lowest BCUT2D eigenvalue weighted by Gasteiger charge is -2.32. The smallest absolute Gasteiger partial charge is 0.107 e. The van der Waals surface area contributed by atoms with E-state index in [0.29, 0.717) is 16.1 Å². The van der Waals surface area contributed by atoms with E-state index in [-0.39, 0.29) is 0 Å². The minimum Gasteiger partial charge on any atom is -0.389 e. The number of benzene rings is 1. The fourth-order valence-corrected chi connectivity index (χ4v) is 3.27. The van der Waals surface area contributed by atoms with E-state index in [0.717, 1.165) is 37.3 Å². The van der Waals surface area contributed by atoms with E-state index in [9.17, 15) is 0 Å². The lowest BCUT2D eigenvalue weighted by molar-refractivity contribution is 0.337. The molecule has 5 heteroatoms. The van der Waals surface area contributed by atoms with Crippen molar-refractivity contribution in [1.29, 1.82) is 0 Å². The third-order valence-corrected chi connectivity index (χ3v) is 4.11. The minimum atomic E-state index is 0.366. The molecule has 1 atom stereocenters.